The molecule has 574 valence electrons. The molecule has 2 amide bonds. The minimum atomic E-state index is -0.489. The van der Waals surface area contributed by atoms with Crippen LogP contribution in [0.25, 0.3) is 65.8 Å². The van der Waals surface area contributed by atoms with Gasteiger partial charge in [0.25, 0.3) is 0 Å². The Morgan fingerprint density at radius 2 is 0.890 bits per heavy atom. The average molecular weight is 1490 g/mol. The Hall–Kier alpha value is -10.3. The van der Waals surface area contributed by atoms with Gasteiger partial charge in [-0.15, -0.1) is 0 Å². The molecule has 0 radical (unpaired) electrons. The molecule has 8 heterocycles. The highest BCUT2D eigenvalue weighted by Crippen LogP contribution is 2.35. The molecule has 23 heteroatoms. The Kier molecular flexibility index (Phi) is 26.0. The molecule has 11 aromatic rings. The minimum absolute atomic E-state index is 0.0822. The van der Waals surface area contributed by atoms with Gasteiger partial charge >= 0.3 is 0 Å². The molecular weight excluding hydrogens is 1390 g/mol. The molecule has 3 saturated heterocycles. The molecule has 16 rings (SSSR count). The van der Waals surface area contributed by atoms with E-state index in [0.717, 1.165) is 105 Å². The summed E-state index contributed by atoms with van der Waals surface area (Å²) in [6.45, 7) is 10.4. The standard InChI is InChI=1S/C33H37N3O5.C20H20FNO3.C14H9FO3.C13H18N2O2.C6H13NO/c1-21-16-28-32(38)27-13-12-25(18-29(27)41-33(28)30(17-21)39-20-24-8-5-15-36(24)2)40-26-11-9-22(34-19-26)10-14-31(37)35-23-6-3-4-7-23;1-12-8-16-19(23)15-6-5-13(21)10-17(15)25-20(16)18(9-12)24-11-14-4-3-7-22(14)2;1-7-4-10-13(17)9-3-2-8(15)6-12(9)18-14(10)11(16)5-7;16-12-7-5-10(14-9-12)6-8-13(17)15-11-3-1-2-4-11;1-7-4-2-3-6(7)5-8/h9,11-13,16-19,23-24H,3-8,10,14-15,20H2,1-2H3,(H,35,37);5-6,8-10,14H,3-4,7,11H2,1-2H3;2-6,16H,1H3;5,7,9,11,16H,1-4,6,8H2,(H,15,17);6,8H,2-5H2,1H3/t24-;14-;;;6-/m00..0/s1. The quantitative estimate of drug-likeness (QED) is 0.0530. The number of pyridine rings is 2. The molecule has 0 bridgehead atoms. The predicted molar refractivity (Wildman–Crippen MR) is 418 cm³/mol. The maximum absolute atomic E-state index is 13.5. The molecule has 109 heavy (non-hydrogen) atoms. The third-order valence-electron chi connectivity index (χ3n) is 21.1. The molecule has 3 aliphatic heterocycles. The summed E-state index contributed by atoms with van der Waals surface area (Å²) in [7, 11) is 6.27. The van der Waals surface area contributed by atoms with Crippen LogP contribution in [0, 0.1) is 32.4 Å². The van der Waals surface area contributed by atoms with Crippen molar-refractivity contribution in [3.8, 4) is 34.5 Å². The fourth-order valence-corrected chi connectivity index (χ4v) is 14.9. The number of phenolic OH excluding ortho intramolecular Hbond substituents is 1. The third-order valence-corrected chi connectivity index (χ3v) is 21.1. The first kappa shape index (κ1) is 78.3. The fraction of sp³-hybridized carbons (Fsp3) is 0.407. The normalized spacial score (nSPS) is 17.6. The molecule has 6 aromatic carbocycles. The van der Waals surface area contributed by atoms with Gasteiger partial charge in [-0.25, -0.2) is 8.78 Å². The first-order valence-electron chi connectivity index (χ1n) is 38.0. The number of fused-ring (bicyclic) bond motifs is 6. The van der Waals surface area contributed by atoms with Crippen LogP contribution in [0.3, 0.4) is 0 Å². The molecular formula is C86H97F2N7O14. The summed E-state index contributed by atoms with van der Waals surface area (Å²) in [5, 5.41) is 36.2. The number of likely N-dealkylation sites (tertiary alicyclic amines) is 3. The molecule has 0 spiro atoms. The number of hydrogen-bond donors (Lipinski definition) is 5. The van der Waals surface area contributed by atoms with Crippen molar-refractivity contribution in [2.75, 3.05) is 60.6 Å². The van der Waals surface area contributed by atoms with E-state index in [4.69, 9.17) is 37.7 Å². The van der Waals surface area contributed by atoms with Gasteiger partial charge in [0.2, 0.25) is 28.1 Å². The number of likely N-dealkylation sites (N-methyl/N-ethyl adjacent to an activating group) is 3. The maximum atomic E-state index is 13.5. The second-order valence-corrected chi connectivity index (χ2v) is 29.5. The molecule has 3 atom stereocenters. The highest BCUT2D eigenvalue weighted by Gasteiger charge is 2.26. The number of aryl methyl sites for hydroxylation is 5. The number of carbonyl (C=O) groups is 2. The monoisotopic (exact) mass is 1490 g/mol. The Morgan fingerprint density at radius 1 is 0.477 bits per heavy atom. The molecule has 5 fully saturated rings. The summed E-state index contributed by atoms with van der Waals surface area (Å²) in [6.07, 6.45) is 21.3. The minimum Gasteiger partial charge on any atom is -0.506 e. The lowest BCUT2D eigenvalue weighted by Gasteiger charge is -2.20. The van der Waals surface area contributed by atoms with Crippen molar-refractivity contribution in [3.05, 3.63) is 198 Å². The Labute approximate surface area is 630 Å². The van der Waals surface area contributed by atoms with Gasteiger partial charge in [0, 0.05) is 72.6 Å². The van der Waals surface area contributed by atoms with Gasteiger partial charge in [-0.2, -0.15) is 0 Å². The first-order valence-corrected chi connectivity index (χ1v) is 38.0. The second-order valence-electron chi connectivity index (χ2n) is 29.5. The highest BCUT2D eigenvalue weighted by atomic mass is 19.1. The van der Waals surface area contributed by atoms with E-state index in [1.165, 1.54) is 81.1 Å². The van der Waals surface area contributed by atoms with E-state index in [9.17, 15) is 37.9 Å². The lowest BCUT2D eigenvalue weighted by atomic mass is 10.1. The third kappa shape index (κ3) is 20.1. The Balaban J connectivity index is 0.000000139. The fourth-order valence-electron chi connectivity index (χ4n) is 14.9. The van der Waals surface area contributed by atoms with Crippen molar-refractivity contribution < 1.29 is 61.2 Å². The lowest BCUT2D eigenvalue weighted by Crippen LogP contribution is -2.32. The predicted octanol–water partition coefficient (Wildman–Crippen LogP) is 14.7. The van der Waals surface area contributed by atoms with Crippen molar-refractivity contribution in [1.82, 2.24) is 35.3 Å². The average Bonchev–Trinajstić information content (AvgIpc) is 0.947. The second kappa shape index (κ2) is 36.3. The van der Waals surface area contributed by atoms with Crippen LogP contribution in [-0.4, -0.2) is 143 Å². The van der Waals surface area contributed by atoms with Crippen LogP contribution in [0.2, 0.25) is 0 Å². The number of phenols is 1. The number of aliphatic hydroxyl groups is 1. The van der Waals surface area contributed by atoms with Crippen molar-refractivity contribution >= 4 is 77.6 Å². The smallest absolute Gasteiger partial charge is 0.220 e. The van der Waals surface area contributed by atoms with Crippen molar-refractivity contribution in [2.45, 2.75) is 167 Å². The van der Waals surface area contributed by atoms with Crippen LogP contribution in [0.5, 0.6) is 34.5 Å². The summed E-state index contributed by atoms with van der Waals surface area (Å²) in [5.41, 5.74) is 5.50. The summed E-state index contributed by atoms with van der Waals surface area (Å²) < 4.78 is 62.5. The number of nitrogens with zero attached hydrogens (tertiary/aromatic N) is 5. The Bertz CT molecular complexity index is 5220. The molecule has 2 saturated carbocycles. The Morgan fingerprint density at radius 3 is 1.31 bits per heavy atom. The zero-order valence-corrected chi connectivity index (χ0v) is 62.8. The number of ether oxygens (including phenoxy) is 3. The summed E-state index contributed by atoms with van der Waals surface area (Å²) >= 11 is 0. The van der Waals surface area contributed by atoms with Crippen LogP contribution in [0.4, 0.5) is 8.78 Å². The maximum Gasteiger partial charge on any atom is 0.220 e. The molecule has 2 aliphatic carbocycles. The van der Waals surface area contributed by atoms with E-state index in [2.05, 4.69) is 56.4 Å². The van der Waals surface area contributed by atoms with Gasteiger partial charge < -0.3 is 68.1 Å². The molecule has 5 aromatic heterocycles. The number of rotatable bonds is 17. The number of carbonyl (C=O) groups excluding carboxylic acids is 2. The number of benzene rings is 6. The number of aromatic hydroxyl groups is 2. The topological polar surface area (TPSA) is 273 Å². The molecule has 21 nitrogen and oxygen atoms in total. The number of aromatic nitrogens is 2. The zero-order chi connectivity index (χ0) is 76.8. The number of hydrogen-bond acceptors (Lipinski definition) is 19. The van der Waals surface area contributed by atoms with Crippen LogP contribution < -0.4 is 41.1 Å². The van der Waals surface area contributed by atoms with Crippen LogP contribution in [0.15, 0.2) is 155 Å². The number of aliphatic hydroxyl groups excluding tert-OH is 1. The van der Waals surface area contributed by atoms with Crippen LogP contribution >= 0.6 is 0 Å². The van der Waals surface area contributed by atoms with Gasteiger partial charge in [-0.1, -0.05) is 25.7 Å². The number of amides is 2. The SMILES string of the molecule is CN1CCC[C@H]1CO.Cc1cc(O)c2oc3cc(F)ccc3c(=O)c2c1.Cc1cc(OC[C@@H]2CCCN2C)c2oc3cc(F)ccc3c(=O)c2c1.Cc1cc(OC[C@@H]2CCCN2C)c2oc3cc(Oc4ccc(CCC(=O)NC5CCCC5)nc4)ccc3c(=O)c2c1.O=C(CCc1ccc(O)cn1)NC1CCCC1. The van der Waals surface area contributed by atoms with E-state index < -0.39 is 11.6 Å². The number of halogens is 2. The van der Waals surface area contributed by atoms with Gasteiger partial charge in [0.1, 0.15) is 58.8 Å². The molecule has 5 aliphatic rings. The summed E-state index contributed by atoms with van der Waals surface area (Å²) in [5.74, 6) is 1.53. The van der Waals surface area contributed by atoms with Crippen molar-refractivity contribution in [2.24, 2.45) is 0 Å². The zero-order valence-electron chi connectivity index (χ0n) is 62.8. The number of nitrogens with one attached hydrogen (secondary N) is 2. The van der Waals surface area contributed by atoms with E-state index in [0.29, 0.717) is 148 Å². The highest BCUT2D eigenvalue weighted by molar-refractivity contribution is 5.95. The molecule has 0 unspecified atom stereocenters. The van der Waals surface area contributed by atoms with Gasteiger partial charge in [0.05, 0.1) is 51.3 Å². The van der Waals surface area contributed by atoms with Gasteiger partial charge in [-0.05, 0) is 252 Å². The van der Waals surface area contributed by atoms with E-state index in [-0.39, 0.29) is 56.3 Å². The van der Waals surface area contributed by atoms with Crippen molar-refractivity contribution in [1.29, 1.82) is 0 Å². The van der Waals surface area contributed by atoms with E-state index in [1.807, 2.05) is 44.2 Å². The van der Waals surface area contributed by atoms with E-state index in [1.54, 1.807) is 55.6 Å². The van der Waals surface area contributed by atoms with Gasteiger partial charge in [-0.3, -0.25) is 33.9 Å². The largest absolute Gasteiger partial charge is 0.506 e. The van der Waals surface area contributed by atoms with Crippen molar-refractivity contribution in [3.63, 3.8) is 0 Å². The summed E-state index contributed by atoms with van der Waals surface area (Å²) in [4.78, 5) is 77.6. The first-order chi connectivity index (χ1) is 52.6. The van der Waals surface area contributed by atoms with Gasteiger partial charge in [0.15, 0.2) is 34.0 Å². The van der Waals surface area contributed by atoms with E-state index >= 15 is 0 Å². The summed E-state index contributed by atoms with van der Waals surface area (Å²) in [6, 6.07) is 32.4. The van der Waals surface area contributed by atoms with Crippen LogP contribution in [0.1, 0.15) is 131 Å². The van der Waals surface area contributed by atoms with Crippen LogP contribution in [-0.2, 0) is 22.4 Å². The lowest BCUT2D eigenvalue weighted by molar-refractivity contribution is -0.122. The molecule has 5 N–H and O–H groups in total.